The van der Waals surface area contributed by atoms with Crippen molar-refractivity contribution in [2.24, 2.45) is 5.73 Å². The first-order valence-electron chi connectivity index (χ1n) is 12.1. The Balaban J connectivity index is 1.66. The second kappa shape index (κ2) is 13.4. The molecule has 0 fully saturated rings. The summed E-state index contributed by atoms with van der Waals surface area (Å²) in [7, 11) is 0. The molecule has 0 radical (unpaired) electrons. The maximum atomic E-state index is 12.9. The van der Waals surface area contributed by atoms with E-state index in [4.69, 9.17) is 5.73 Å². The third kappa shape index (κ3) is 8.18. The van der Waals surface area contributed by atoms with Gasteiger partial charge in [0.05, 0.1) is 6.10 Å². The fraction of sp³-hybridized carbons (Fsp3) is 0.321. The lowest BCUT2D eigenvalue weighted by Crippen LogP contribution is -2.50. The van der Waals surface area contributed by atoms with Gasteiger partial charge in [0.25, 0.3) is 0 Å². The number of hydrogen-bond acceptors (Lipinski definition) is 5. The third-order valence-corrected chi connectivity index (χ3v) is 5.96. The standard InChI is InChI=1S/C28H34N4O4/c1-20(33)32(19-21-7-3-2-4-8-21)14-13-27(35)31-26(28(36)30-18-25(34)17-29)16-22-11-12-23-9-5-6-10-24(23)15-22/h2-12,15,25-26,34H,13-14,16-19,29H2,1H3,(H,30,36)(H,31,35). The number of hydrogen-bond donors (Lipinski definition) is 4. The zero-order valence-corrected chi connectivity index (χ0v) is 20.5. The Kier molecular flexibility index (Phi) is 9.97. The molecule has 0 saturated heterocycles. The second-order valence-electron chi connectivity index (χ2n) is 8.82. The minimum absolute atomic E-state index is 0.00534. The number of nitrogens with one attached hydrogen (secondary N) is 2. The van der Waals surface area contributed by atoms with Gasteiger partial charge in [-0.05, 0) is 21.9 Å². The Hall–Kier alpha value is -3.75. The number of amides is 3. The van der Waals surface area contributed by atoms with Crippen molar-refractivity contribution in [2.75, 3.05) is 19.6 Å². The van der Waals surface area contributed by atoms with Crippen LogP contribution in [-0.4, -0.2) is 59.5 Å². The number of aliphatic hydroxyl groups excluding tert-OH is 1. The zero-order chi connectivity index (χ0) is 25.9. The van der Waals surface area contributed by atoms with Crippen LogP contribution < -0.4 is 16.4 Å². The maximum absolute atomic E-state index is 12.9. The van der Waals surface area contributed by atoms with Gasteiger partial charge in [-0.15, -0.1) is 0 Å². The lowest BCUT2D eigenvalue weighted by atomic mass is 10.0. The highest BCUT2D eigenvalue weighted by Gasteiger charge is 2.22. The highest BCUT2D eigenvalue weighted by atomic mass is 16.3. The lowest BCUT2D eigenvalue weighted by Gasteiger charge is -2.23. The van der Waals surface area contributed by atoms with Crippen LogP contribution in [0.1, 0.15) is 24.5 Å². The maximum Gasteiger partial charge on any atom is 0.243 e. The molecule has 8 nitrogen and oxygen atoms in total. The van der Waals surface area contributed by atoms with Crippen LogP contribution in [0, 0.1) is 0 Å². The first kappa shape index (κ1) is 26.8. The van der Waals surface area contributed by atoms with Gasteiger partial charge in [0.2, 0.25) is 17.7 Å². The molecule has 2 atom stereocenters. The molecule has 3 rings (SSSR count). The van der Waals surface area contributed by atoms with Crippen LogP contribution in [0.3, 0.4) is 0 Å². The van der Waals surface area contributed by atoms with Gasteiger partial charge in [-0.3, -0.25) is 14.4 Å². The van der Waals surface area contributed by atoms with Gasteiger partial charge in [0, 0.05) is 45.9 Å². The molecule has 36 heavy (non-hydrogen) atoms. The largest absolute Gasteiger partial charge is 0.390 e. The molecule has 0 spiro atoms. The fourth-order valence-electron chi connectivity index (χ4n) is 3.89. The molecule has 3 aromatic carbocycles. The molecule has 0 aliphatic rings. The van der Waals surface area contributed by atoms with E-state index >= 15 is 0 Å². The van der Waals surface area contributed by atoms with Gasteiger partial charge in [-0.2, -0.15) is 0 Å². The molecule has 0 aromatic heterocycles. The Morgan fingerprint density at radius 2 is 1.64 bits per heavy atom. The molecule has 0 heterocycles. The molecule has 0 aliphatic heterocycles. The Morgan fingerprint density at radius 3 is 2.33 bits per heavy atom. The third-order valence-electron chi connectivity index (χ3n) is 5.96. The summed E-state index contributed by atoms with van der Waals surface area (Å²) in [5, 5.41) is 17.3. The van der Waals surface area contributed by atoms with E-state index in [1.54, 1.807) is 4.90 Å². The summed E-state index contributed by atoms with van der Waals surface area (Å²) >= 11 is 0. The molecule has 0 aliphatic carbocycles. The Morgan fingerprint density at radius 1 is 0.944 bits per heavy atom. The number of benzene rings is 3. The molecule has 2 unspecified atom stereocenters. The first-order valence-corrected chi connectivity index (χ1v) is 12.1. The van der Waals surface area contributed by atoms with Gasteiger partial charge in [-0.1, -0.05) is 72.8 Å². The van der Waals surface area contributed by atoms with Crippen molar-refractivity contribution in [3.8, 4) is 0 Å². The van der Waals surface area contributed by atoms with E-state index in [1.807, 2.05) is 72.8 Å². The predicted molar refractivity (Wildman–Crippen MR) is 140 cm³/mol. The molecule has 3 aromatic rings. The molecule has 0 bridgehead atoms. The molecule has 190 valence electrons. The average Bonchev–Trinajstić information content (AvgIpc) is 2.89. The van der Waals surface area contributed by atoms with E-state index in [2.05, 4.69) is 10.6 Å². The number of rotatable bonds is 12. The van der Waals surface area contributed by atoms with Crippen LogP contribution >= 0.6 is 0 Å². The number of nitrogens with two attached hydrogens (primary N) is 1. The topological polar surface area (TPSA) is 125 Å². The van der Waals surface area contributed by atoms with Crippen molar-refractivity contribution >= 4 is 28.5 Å². The number of nitrogens with zero attached hydrogens (tertiary/aromatic N) is 1. The normalized spacial score (nSPS) is 12.5. The smallest absolute Gasteiger partial charge is 0.243 e. The summed E-state index contributed by atoms with van der Waals surface area (Å²) in [6, 6.07) is 22.5. The van der Waals surface area contributed by atoms with Crippen molar-refractivity contribution in [3.05, 3.63) is 83.9 Å². The van der Waals surface area contributed by atoms with Gasteiger partial charge in [0.15, 0.2) is 0 Å². The quantitative estimate of drug-likeness (QED) is 0.308. The number of carbonyl (C=O) groups excluding carboxylic acids is 3. The van der Waals surface area contributed by atoms with Crippen LogP contribution in [0.4, 0.5) is 0 Å². The van der Waals surface area contributed by atoms with E-state index in [9.17, 15) is 19.5 Å². The number of fused-ring (bicyclic) bond motifs is 1. The Bertz CT molecular complexity index is 1170. The van der Waals surface area contributed by atoms with E-state index in [0.717, 1.165) is 21.9 Å². The minimum Gasteiger partial charge on any atom is -0.390 e. The van der Waals surface area contributed by atoms with E-state index in [0.29, 0.717) is 6.54 Å². The first-order chi connectivity index (χ1) is 17.4. The average molecular weight is 491 g/mol. The highest BCUT2D eigenvalue weighted by Crippen LogP contribution is 2.17. The van der Waals surface area contributed by atoms with Crippen LogP contribution in [0.25, 0.3) is 10.8 Å². The van der Waals surface area contributed by atoms with Crippen molar-refractivity contribution in [2.45, 2.75) is 38.5 Å². The van der Waals surface area contributed by atoms with Gasteiger partial charge in [-0.25, -0.2) is 0 Å². The molecule has 3 amide bonds. The summed E-state index contributed by atoms with van der Waals surface area (Å²) in [6.45, 7) is 2.12. The fourth-order valence-corrected chi connectivity index (χ4v) is 3.89. The van der Waals surface area contributed by atoms with Crippen LogP contribution in [-0.2, 0) is 27.3 Å². The summed E-state index contributed by atoms with van der Waals surface area (Å²) < 4.78 is 0. The minimum atomic E-state index is -0.868. The molecular weight excluding hydrogens is 456 g/mol. The van der Waals surface area contributed by atoms with E-state index < -0.39 is 18.1 Å². The van der Waals surface area contributed by atoms with Crippen LogP contribution in [0.5, 0.6) is 0 Å². The molecular formula is C28H34N4O4. The van der Waals surface area contributed by atoms with E-state index in [-0.39, 0.29) is 44.3 Å². The van der Waals surface area contributed by atoms with Crippen molar-refractivity contribution in [1.82, 2.24) is 15.5 Å². The van der Waals surface area contributed by atoms with Crippen molar-refractivity contribution < 1.29 is 19.5 Å². The van der Waals surface area contributed by atoms with Crippen molar-refractivity contribution in [3.63, 3.8) is 0 Å². The molecule has 0 saturated carbocycles. The summed E-state index contributed by atoms with van der Waals surface area (Å²) in [4.78, 5) is 39.5. The summed E-state index contributed by atoms with van der Waals surface area (Å²) in [6.07, 6.45) is -0.533. The highest BCUT2D eigenvalue weighted by molar-refractivity contribution is 5.88. The Labute approximate surface area is 211 Å². The SMILES string of the molecule is CC(=O)N(CCC(=O)NC(Cc1ccc2ccccc2c1)C(=O)NCC(O)CN)Cc1ccccc1. The van der Waals surface area contributed by atoms with Gasteiger partial charge >= 0.3 is 0 Å². The van der Waals surface area contributed by atoms with Crippen LogP contribution in [0.2, 0.25) is 0 Å². The lowest BCUT2D eigenvalue weighted by molar-refractivity contribution is -0.132. The molecule has 5 N–H and O–H groups in total. The van der Waals surface area contributed by atoms with Gasteiger partial charge < -0.3 is 26.4 Å². The number of carbonyl (C=O) groups is 3. The monoisotopic (exact) mass is 490 g/mol. The van der Waals surface area contributed by atoms with Crippen LogP contribution in [0.15, 0.2) is 72.8 Å². The zero-order valence-electron chi connectivity index (χ0n) is 20.5. The molecule has 8 heteroatoms. The van der Waals surface area contributed by atoms with Gasteiger partial charge in [0.1, 0.15) is 6.04 Å². The summed E-state index contributed by atoms with van der Waals surface area (Å²) in [5.41, 5.74) is 7.30. The number of aliphatic hydroxyl groups is 1. The second-order valence-corrected chi connectivity index (χ2v) is 8.82. The van der Waals surface area contributed by atoms with Crippen molar-refractivity contribution in [1.29, 1.82) is 0 Å². The van der Waals surface area contributed by atoms with E-state index in [1.165, 1.54) is 6.92 Å². The predicted octanol–water partition coefficient (Wildman–Crippen LogP) is 1.74. The summed E-state index contributed by atoms with van der Waals surface area (Å²) in [5.74, 6) is -0.876.